The van der Waals surface area contributed by atoms with E-state index in [1.165, 1.54) is 37.0 Å². The molecule has 36 heavy (non-hydrogen) atoms. The van der Waals surface area contributed by atoms with Crippen molar-refractivity contribution in [3.63, 3.8) is 0 Å². The zero-order valence-corrected chi connectivity index (χ0v) is 21.5. The Morgan fingerprint density at radius 3 is 2.39 bits per heavy atom. The van der Waals surface area contributed by atoms with Gasteiger partial charge in [-0.3, -0.25) is 4.79 Å². The molecule has 0 saturated carbocycles. The number of carbonyl (C=O) groups excluding carboxylic acids is 1. The van der Waals surface area contributed by atoms with Crippen LogP contribution in [0.3, 0.4) is 0 Å². The molecule has 1 aliphatic rings. The highest BCUT2D eigenvalue weighted by atomic mass is 19.1. The first-order valence-electron chi connectivity index (χ1n) is 13.2. The van der Waals surface area contributed by atoms with Crippen molar-refractivity contribution in [2.45, 2.75) is 58.8 Å². The molecule has 0 spiro atoms. The Labute approximate surface area is 214 Å². The highest BCUT2D eigenvalue weighted by Crippen LogP contribution is 2.28. The molecule has 0 N–H and O–H groups in total. The van der Waals surface area contributed by atoms with E-state index in [1.807, 2.05) is 36.1 Å². The van der Waals surface area contributed by atoms with Gasteiger partial charge in [0.15, 0.2) is 5.82 Å². The summed E-state index contributed by atoms with van der Waals surface area (Å²) < 4.78 is 13.9. The topological polar surface area (TPSA) is 49.3 Å². The van der Waals surface area contributed by atoms with Gasteiger partial charge in [0.25, 0.3) is 0 Å². The van der Waals surface area contributed by atoms with E-state index in [2.05, 4.69) is 24.0 Å². The maximum Gasteiger partial charge on any atom is 0.222 e. The summed E-state index contributed by atoms with van der Waals surface area (Å²) >= 11 is 0. The third-order valence-electron chi connectivity index (χ3n) is 6.92. The summed E-state index contributed by atoms with van der Waals surface area (Å²) in [6, 6.07) is 16.8. The van der Waals surface area contributed by atoms with Crippen LogP contribution in [0.15, 0.2) is 54.6 Å². The van der Waals surface area contributed by atoms with Gasteiger partial charge in [-0.15, -0.1) is 0 Å². The van der Waals surface area contributed by atoms with E-state index in [1.54, 1.807) is 6.07 Å². The largest absolute Gasteiger partial charge is 0.353 e. The minimum atomic E-state index is -0.300. The Morgan fingerprint density at radius 2 is 1.67 bits per heavy atom. The van der Waals surface area contributed by atoms with E-state index in [0.717, 1.165) is 49.4 Å². The number of nitrogens with zero attached hydrogens (tertiary/aromatic N) is 4. The lowest BCUT2D eigenvalue weighted by molar-refractivity contribution is -0.131. The molecule has 3 aromatic rings. The zero-order valence-electron chi connectivity index (χ0n) is 21.5. The van der Waals surface area contributed by atoms with Crippen molar-refractivity contribution in [3.8, 4) is 11.4 Å². The summed E-state index contributed by atoms with van der Waals surface area (Å²) in [5.74, 6) is 1.38. The normalized spacial score (nSPS) is 13.8. The predicted octanol–water partition coefficient (Wildman–Crippen LogP) is 6.19. The lowest BCUT2D eigenvalue weighted by Gasteiger charge is -2.36. The fourth-order valence-corrected chi connectivity index (χ4v) is 4.81. The van der Waals surface area contributed by atoms with Crippen molar-refractivity contribution < 1.29 is 9.18 Å². The van der Waals surface area contributed by atoms with Gasteiger partial charge >= 0.3 is 0 Å². The van der Waals surface area contributed by atoms with Gasteiger partial charge in [0.1, 0.15) is 11.6 Å². The molecule has 1 saturated heterocycles. The van der Waals surface area contributed by atoms with Gasteiger partial charge in [-0.2, -0.15) is 0 Å². The summed E-state index contributed by atoms with van der Waals surface area (Å²) in [6.45, 7) is 7.04. The van der Waals surface area contributed by atoms with Crippen LogP contribution >= 0.6 is 0 Å². The Bertz CT molecular complexity index is 1140. The second-order valence-electron chi connectivity index (χ2n) is 9.64. The van der Waals surface area contributed by atoms with Crippen molar-refractivity contribution in [1.29, 1.82) is 0 Å². The Hall–Kier alpha value is -3.28. The number of aromatic nitrogens is 2. The molecule has 6 heteroatoms. The van der Waals surface area contributed by atoms with E-state index >= 15 is 0 Å². The van der Waals surface area contributed by atoms with Gasteiger partial charge in [0.2, 0.25) is 5.91 Å². The monoisotopic (exact) mass is 488 g/mol. The van der Waals surface area contributed by atoms with E-state index in [-0.39, 0.29) is 11.7 Å². The Morgan fingerprint density at radius 1 is 0.917 bits per heavy atom. The number of halogens is 1. The number of anilines is 1. The quantitative estimate of drug-likeness (QED) is 0.319. The molecule has 0 unspecified atom stereocenters. The molecule has 4 rings (SSSR count). The van der Waals surface area contributed by atoms with Crippen LogP contribution in [-0.4, -0.2) is 47.0 Å². The first-order valence-corrected chi connectivity index (χ1v) is 13.2. The molecular formula is C30H37FN4O. The molecule has 1 aliphatic heterocycles. The number of rotatable bonds is 10. The molecule has 190 valence electrons. The van der Waals surface area contributed by atoms with E-state index in [9.17, 15) is 9.18 Å². The number of hydrogen-bond acceptors (Lipinski definition) is 4. The molecule has 5 nitrogen and oxygen atoms in total. The summed E-state index contributed by atoms with van der Waals surface area (Å²) in [6.07, 6.45) is 7.14. The van der Waals surface area contributed by atoms with Crippen LogP contribution in [0.25, 0.3) is 11.4 Å². The molecule has 1 fully saturated rings. The third-order valence-corrected chi connectivity index (χ3v) is 6.92. The molecule has 0 aliphatic carbocycles. The highest BCUT2D eigenvalue weighted by molar-refractivity contribution is 5.76. The molecule has 1 amide bonds. The number of carbonyl (C=O) groups is 1. The summed E-state index contributed by atoms with van der Waals surface area (Å²) in [4.78, 5) is 26.7. The van der Waals surface area contributed by atoms with Crippen LogP contribution in [0.4, 0.5) is 10.2 Å². The van der Waals surface area contributed by atoms with Crippen molar-refractivity contribution in [2.75, 3.05) is 31.1 Å². The van der Waals surface area contributed by atoms with Gasteiger partial charge in [-0.1, -0.05) is 75.1 Å². The van der Waals surface area contributed by atoms with Gasteiger partial charge in [-0.25, -0.2) is 14.4 Å². The van der Waals surface area contributed by atoms with E-state index in [0.29, 0.717) is 30.9 Å². The van der Waals surface area contributed by atoms with Crippen molar-refractivity contribution in [1.82, 2.24) is 14.9 Å². The van der Waals surface area contributed by atoms with E-state index < -0.39 is 0 Å². The molecule has 0 radical (unpaired) electrons. The molecular weight excluding hydrogens is 451 g/mol. The number of benzene rings is 2. The lowest BCUT2D eigenvalue weighted by Crippen LogP contribution is -2.49. The highest BCUT2D eigenvalue weighted by Gasteiger charge is 2.25. The number of hydrogen-bond donors (Lipinski definition) is 0. The zero-order chi connectivity index (χ0) is 25.3. The number of piperazine rings is 1. The SMILES string of the molecule is CCCCCCCC(=O)N1CCN(c2nc(-c3cccc(F)c3)nc(C)c2Cc2ccccc2)CC1. The molecule has 0 atom stereocenters. The van der Waals surface area contributed by atoms with E-state index in [4.69, 9.17) is 9.97 Å². The van der Waals surface area contributed by atoms with Crippen molar-refractivity contribution in [2.24, 2.45) is 0 Å². The van der Waals surface area contributed by atoms with Crippen molar-refractivity contribution in [3.05, 3.63) is 77.2 Å². The minimum Gasteiger partial charge on any atom is -0.353 e. The number of amides is 1. The van der Waals surface area contributed by atoms with Crippen LogP contribution < -0.4 is 4.90 Å². The minimum absolute atomic E-state index is 0.259. The Balaban J connectivity index is 1.52. The number of unbranched alkanes of at least 4 members (excludes halogenated alkanes) is 4. The first kappa shape index (κ1) is 25.8. The van der Waals surface area contributed by atoms with Crippen LogP contribution in [-0.2, 0) is 11.2 Å². The lowest BCUT2D eigenvalue weighted by atomic mass is 10.0. The second kappa shape index (κ2) is 12.6. The second-order valence-corrected chi connectivity index (χ2v) is 9.64. The first-order chi connectivity index (χ1) is 17.5. The fourth-order valence-electron chi connectivity index (χ4n) is 4.81. The summed E-state index contributed by atoms with van der Waals surface area (Å²) in [7, 11) is 0. The van der Waals surface area contributed by atoms with Gasteiger partial charge in [0.05, 0.1) is 0 Å². The van der Waals surface area contributed by atoms with Gasteiger partial charge < -0.3 is 9.80 Å². The summed E-state index contributed by atoms with van der Waals surface area (Å²) in [5, 5.41) is 0. The average Bonchev–Trinajstić information content (AvgIpc) is 2.90. The third kappa shape index (κ3) is 6.68. The average molecular weight is 489 g/mol. The van der Waals surface area contributed by atoms with Crippen LogP contribution in [0.1, 0.15) is 62.3 Å². The number of aryl methyl sites for hydroxylation is 1. The Kier molecular flexibility index (Phi) is 9.04. The van der Waals surface area contributed by atoms with Crippen LogP contribution in [0.5, 0.6) is 0 Å². The molecule has 1 aromatic heterocycles. The fraction of sp³-hybridized carbons (Fsp3) is 0.433. The van der Waals surface area contributed by atoms with Gasteiger partial charge in [0, 0.05) is 55.8 Å². The van der Waals surface area contributed by atoms with Crippen LogP contribution in [0.2, 0.25) is 0 Å². The smallest absolute Gasteiger partial charge is 0.222 e. The molecule has 2 aromatic carbocycles. The maximum atomic E-state index is 13.9. The van der Waals surface area contributed by atoms with Crippen LogP contribution in [0, 0.1) is 12.7 Å². The predicted molar refractivity (Wildman–Crippen MR) is 144 cm³/mol. The molecule has 2 heterocycles. The maximum absolute atomic E-state index is 13.9. The molecule has 0 bridgehead atoms. The standard InChI is InChI=1S/C30H37FN4O/c1-3-4-5-6-10-16-28(36)34-17-19-35(20-18-34)30-27(21-24-12-8-7-9-13-24)23(2)32-29(33-30)25-14-11-15-26(31)22-25/h7-9,11-15,22H,3-6,10,16-21H2,1-2H3. The van der Waals surface area contributed by atoms with Gasteiger partial charge in [-0.05, 0) is 31.0 Å². The summed E-state index contributed by atoms with van der Waals surface area (Å²) in [5.41, 5.74) is 3.84. The van der Waals surface area contributed by atoms with Crippen molar-refractivity contribution >= 4 is 11.7 Å².